The maximum absolute atomic E-state index is 11.8. The Morgan fingerprint density at radius 1 is 1.24 bits per heavy atom. The van der Waals surface area contributed by atoms with Crippen LogP contribution in [0.25, 0.3) is 10.9 Å². The maximum atomic E-state index is 11.8. The van der Waals surface area contributed by atoms with E-state index in [1.165, 1.54) is 6.21 Å². The number of nitrogens with one attached hydrogen (secondary N) is 1. The van der Waals surface area contributed by atoms with Crippen molar-refractivity contribution in [2.24, 2.45) is 5.10 Å². The monoisotopic (exact) mass is 353 g/mol. The Balaban J connectivity index is 1.65. The number of nitrogens with zero attached hydrogens (tertiary/aromatic N) is 2. The topological polar surface area (TPSA) is 74.6 Å². The molecule has 25 heavy (non-hydrogen) atoms. The second-order valence-electron chi connectivity index (χ2n) is 5.47. The van der Waals surface area contributed by atoms with Crippen molar-refractivity contribution in [3.63, 3.8) is 0 Å². The first-order chi connectivity index (χ1) is 12.1. The van der Waals surface area contributed by atoms with E-state index in [2.05, 4.69) is 15.5 Å². The highest BCUT2D eigenvalue weighted by Gasteiger charge is 2.10. The normalized spacial score (nSPS) is 11.1. The van der Waals surface area contributed by atoms with E-state index < -0.39 is 0 Å². The molecule has 0 bridgehead atoms. The number of halogens is 1. The van der Waals surface area contributed by atoms with Gasteiger partial charge in [-0.15, -0.1) is 0 Å². The van der Waals surface area contributed by atoms with E-state index in [9.17, 15) is 9.90 Å². The van der Waals surface area contributed by atoms with Gasteiger partial charge in [0.25, 0.3) is 0 Å². The molecule has 6 heteroatoms. The summed E-state index contributed by atoms with van der Waals surface area (Å²) in [7, 11) is 0. The molecule has 1 amide bonds. The van der Waals surface area contributed by atoms with Gasteiger partial charge in [-0.05, 0) is 30.2 Å². The van der Waals surface area contributed by atoms with E-state index in [0.717, 1.165) is 5.56 Å². The van der Waals surface area contributed by atoms with Gasteiger partial charge in [0, 0.05) is 23.6 Å². The van der Waals surface area contributed by atoms with Crippen LogP contribution in [0.4, 0.5) is 0 Å². The number of carbonyl (C=O) groups is 1. The highest BCUT2D eigenvalue weighted by Crippen LogP contribution is 2.31. The van der Waals surface area contributed by atoms with E-state index in [1.54, 1.807) is 24.4 Å². The van der Waals surface area contributed by atoms with Crippen LogP contribution < -0.4 is 5.43 Å². The molecule has 1 aromatic heterocycles. The SMILES string of the molecule is O=C(CCc1ccccc1)N/N=C\c1cc(Cl)c2cccnc2c1O. The van der Waals surface area contributed by atoms with E-state index >= 15 is 0 Å². The molecular formula is C19H16ClN3O2. The number of aromatic nitrogens is 1. The summed E-state index contributed by atoms with van der Waals surface area (Å²) in [6, 6.07) is 14.9. The van der Waals surface area contributed by atoms with Crippen molar-refractivity contribution in [1.82, 2.24) is 10.4 Å². The smallest absolute Gasteiger partial charge is 0.240 e. The van der Waals surface area contributed by atoms with E-state index in [4.69, 9.17) is 11.6 Å². The minimum Gasteiger partial charge on any atom is -0.505 e. The van der Waals surface area contributed by atoms with Crippen molar-refractivity contribution in [3.05, 3.63) is 70.9 Å². The predicted molar refractivity (Wildman–Crippen MR) is 98.9 cm³/mol. The van der Waals surface area contributed by atoms with Crippen LogP contribution in [0.2, 0.25) is 5.02 Å². The number of pyridine rings is 1. The van der Waals surface area contributed by atoms with Gasteiger partial charge in [-0.2, -0.15) is 5.10 Å². The molecule has 0 aliphatic heterocycles. The van der Waals surface area contributed by atoms with Crippen LogP contribution in [0.1, 0.15) is 17.5 Å². The van der Waals surface area contributed by atoms with E-state index in [1.807, 2.05) is 30.3 Å². The van der Waals surface area contributed by atoms with Crippen molar-refractivity contribution in [1.29, 1.82) is 0 Å². The molecular weight excluding hydrogens is 338 g/mol. The first kappa shape index (κ1) is 16.9. The minimum absolute atomic E-state index is 0.0257. The zero-order valence-electron chi connectivity index (χ0n) is 13.3. The van der Waals surface area contributed by atoms with Gasteiger partial charge in [-0.25, -0.2) is 5.43 Å². The van der Waals surface area contributed by atoms with Crippen LogP contribution in [0.3, 0.4) is 0 Å². The average molecular weight is 354 g/mol. The number of hydrogen-bond donors (Lipinski definition) is 2. The fourth-order valence-corrected chi connectivity index (χ4v) is 2.71. The van der Waals surface area contributed by atoms with Crippen molar-refractivity contribution in [2.45, 2.75) is 12.8 Å². The van der Waals surface area contributed by atoms with Crippen LogP contribution in [-0.4, -0.2) is 22.2 Å². The van der Waals surface area contributed by atoms with Gasteiger partial charge < -0.3 is 5.11 Å². The molecule has 3 aromatic rings. The lowest BCUT2D eigenvalue weighted by atomic mass is 10.1. The lowest BCUT2D eigenvalue weighted by molar-refractivity contribution is -0.121. The Bertz CT molecular complexity index is 927. The quantitative estimate of drug-likeness (QED) is 0.542. The zero-order valence-corrected chi connectivity index (χ0v) is 14.1. The van der Waals surface area contributed by atoms with Crippen molar-refractivity contribution in [2.75, 3.05) is 0 Å². The average Bonchev–Trinajstić information content (AvgIpc) is 2.65. The Morgan fingerprint density at radius 3 is 2.84 bits per heavy atom. The van der Waals surface area contributed by atoms with Crippen LogP contribution in [0.15, 0.2) is 59.8 Å². The fraction of sp³-hybridized carbons (Fsp3) is 0.105. The van der Waals surface area contributed by atoms with Crippen molar-refractivity contribution < 1.29 is 9.90 Å². The summed E-state index contributed by atoms with van der Waals surface area (Å²) in [4.78, 5) is 16.0. The van der Waals surface area contributed by atoms with E-state index in [-0.39, 0.29) is 11.7 Å². The molecule has 0 aliphatic rings. The van der Waals surface area contributed by atoms with Gasteiger partial charge in [-0.3, -0.25) is 9.78 Å². The number of rotatable bonds is 5. The number of carbonyl (C=O) groups excluding carboxylic acids is 1. The zero-order chi connectivity index (χ0) is 17.6. The summed E-state index contributed by atoms with van der Waals surface area (Å²) >= 11 is 6.19. The van der Waals surface area contributed by atoms with Crippen molar-refractivity contribution in [3.8, 4) is 5.75 Å². The third-order valence-electron chi connectivity index (χ3n) is 3.72. The Kier molecular flexibility index (Phi) is 5.26. The van der Waals surface area contributed by atoms with Gasteiger partial charge in [0.2, 0.25) is 5.91 Å². The summed E-state index contributed by atoms with van der Waals surface area (Å²) in [6.07, 6.45) is 3.90. The summed E-state index contributed by atoms with van der Waals surface area (Å²) in [6.45, 7) is 0. The van der Waals surface area contributed by atoms with Gasteiger partial charge in [0.1, 0.15) is 5.52 Å². The van der Waals surface area contributed by atoms with Crippen LogP contribution in [0.5, 0.6) is 5.75 Å². The third kappa shape index (κ3) is 4.14. The largest absolute Gasteiger partial charge is 0.505 e. The Morgan fingerprint density at radius 2 is 2.04 bits per heavy atom. The standard InChI is InChI=1S/C19H16ClN3O2/c20-16-11-14(19(25)18-15(16)7-4-10-21-18)12-22-23-17(24)9-8-13-5-2-1-3-6-13/h1-7,10-12,25H,8-9H2,(H,23,24)/b22-12-. The molecule has 1 heterocycles. The molecule has 0 fully saturated rings. The molecule has 0 spiro atoms. The summed E-state index contributed by atoms with van der Waals surface area (Å²) < 4.78 is 0. The number of phenolic OH excluding ortho intramolecular Hbond substituents is 1. The van der Waals surface area contributed by atoms with Crippen molar-refractivity contribution >= 4 is 34.6 Å². The first-order valence-corrected chi connectivity index (χ1v) is 8.15. The second-order valence-corrected chi connectivity index (χ2v) is 5.88. The van der Waals surface area contributed by atoms with Crippen LogP contribution >= 0.6 is 11.6 Å². The molecule has 0 aliphatic carbocycles. The number of hydrogen-bond acceptors (Lipinski definition) is 4. The maximum Gasteiger partial charge on any atom is 0.240 e. The number of fused-ring (bicyclic) bond motifs is 1. The lowest BCUT2D eigenvalue weighted by Crippen LogP contribution is -2.17. The summed E-state index contributed by atoms with van der Waals surface area (Å²) in [5, 5.41) is 15.3. The number of amides is 1. The number of aryl methyl sites for hydroxylation is 1. The number of aromatic hydroxyl groups is 1. The minimum atomic E-state index is -0.204. The van der Waals surface area contributed by atoms with Gasteiger partial charge in [-0.1, -0.05) is 41.9 Å². The molecule has 126 valence electrons. The predicted octanol–water partition coefficient (Wildman–Crippen LogP) is 3.68. The summed E-state index contributed by atoms with van der Waals surface area (Å²) in [5.74, 6) is -0.230. The molecule has 0 atom stereocenters. The van der Waals surface area contributed by atoms with Gasteiger partial charge in [0.05, 0.1) is 11.2 Å². The molecule has 0 saturated carbocycles. The number of benzene rings is 2. The Labute approximate surface area is 150 Å². The number of hydrazone groups is 1. The molecule has 0 radical (unpaired) electrons. The van der Waals surface area contributed by atoms with Gasteiger partial charge >= 0.3 is 0 Å². The van der Waals surface area contributed by atoms with Crippen LogP contribution in [-0.2, 0) is 11.2 Å². The summed E-state index contributed by atoms with van der Waals surface area (Å²) in [5.41, 5.74) is 4.33. The van der Waals surface area contributed by atoms with Gasteiger partial charge in [0.15, 0.2) is 5.75 Å². The highest BCUT2D eigenvalue weighted by atomic mass is 35.5. The molecule has 5 nitrogen and oxygen atoms in total. The molecule has 2 N–H and O–H groups in total. The third-order valence-corrected chi connectivity index (χ3v) is 4.03. The first-order valence-electron chi connectivity index (χ1n) is 7.77. The Hall–Kier alpha value is -2.92. The highest BCUT2D eigenvalue weighted by molar-refractivity contribution is 6.36. The molecule has 0 saturated heterocycles. The van der Waals surface area contributed by atoms with Crippen LogP contribution in [0, 0.1) is 0 Å². The fourth-order valence-electron chi connectivity index (χ4n) is 2.44. The molecule has 2 aromatic carbocycles. The second kappa shape index (κ2) is 7.77. The number of phenols is 1. The van der Waals surface area contributed by atoms with E-state index in [0.29, 0.717) is 34.3 Å². The lowest BCUT2D eigenvalue weighted by Gasteiger charge is -2.05. The molecule has 0 unspecified atom stereocenters. The molecule has 3 rings (SSSR count).